The van der Waals surface area contributed by atoms with E-state index in [1.54, 1.807) is 25.1 Å². The van der Waals surface area contributed by atoms with E-state index in [4.69, 9.17) is 32.7 Å². The van der Waals surface area contributed by atoms with Gasteiger partial charge < -0.3 is 14.8 Å². The summed E-state index contributed by atoms with van der Waals surface area (Å²) < 4.78 is 10.8. The van der Waals surface area contributed by atoms with Crippen molar-refractivity contribution in [3.05, 3.63) is 56.3 Å². The molecule has 0 bridgehead atoms. The minimum absolute atomic E-state index is 0.132. The van der Waals surface area contributed by atoms with Crippen LogP contribution in [0.2, 0.25) is 10.0 Å². The number of benzene rings is 1. The molecule has 176 valence electrons. The first-order valence-electron chi connectivity index (χ1n) is 11.2. The number of nitrogens with one attached hydrogen (secondary N) is 1. The van der Waals surface area contributed by atoms with Crippen LogP contribution in [0, 0.1) is 11.8 Å². The molecule has 3 aliphatic rings. The third-order valence-corrected chi connectivity index (χ3v) is 7.55. The van der Waals surface area contributed by atoms with Gasteiger partial charge in [0.1, 0.15) is 12.0 Å². The zero-order valence-corrected chi connectivity index (χ0v) is 20.4. The van der Waals surface area contributed by atoms with Crippen molar-refractivity contribution in [3.8, 4) is 0 Å². The van der Waals surface area contributed by atoms with Crippen LogP contribution in [0.5, 0.6) is 0 Å². The monoisotopic (exact) mass is 491 g/mol. The van der Waals surface area contributed by atoms with Gasteiger partial charge in [-0.2, -0.15) is 0 Å². The number of ether oxygens (including phenoxy) is 2. The largest absolute Gasteiger partial charge is 0.468 e. The molecular formula is C25H27Cl2NO5. The second kappa shape index (κ2) is 9.51. The molecule has 1 N–H and O–H groups in total. The second-order valence-corrected chi connectivity index (χ2v) is 9.84. The van der Waals surface area contributed by atoms with Crippen LogP contribution in [0.25, 0.3) is 0 Å². The van der Waals surface area contributed by atoms with Gasteiger partial charge in [0.2, 0.25) is 0 Å². The van der Waals surface area contributed by atoms with E-state index in [0.29, 0.717) is 44.6 Å². The summed E-state index contributed by atoms with van der Waals surface area (Å²) in [6, 6.07) is 5.06. The fourth-order valence-corrected chi connectivity index (χ4v) is 5.50. The average molecular weight is 492 g/mol. The van der Waals surface area contributed by atoms with Crippen LogP contribution in [0.3, 0.4) is 0 Å². The molecule has 1 heterocycles. The molecule has 6 nitrogen and oxygen atoms in total. The first kappa shape index (κ1) is 23.8. The molecule has 0 amide bonds. The lowest BCUT2D eigenvalue weighted by Gasteiger charge is -2.38. The number of rotatable bonds is 4. The third kappa shape index (κ3) is 4.43. The summed E-state index contributed by atoms with van der Waals surface area (Å²) in [4.78, 5) is 39.6. The van der Waals surface area contributed by atoms with E-state index in [-0.39, 0.29) is 17.8 Å². The number of ketones is 1. The normalized spacial score (nSPS) is 25.6. The summed E-state index contributed by atoms with van der Waals surface area (Å²) in [5, 5.41) is 3.95. The quantitative estimate of drug-likeness (QED) is 0.466. The molecule has 3 atom stereocenters. The van der Waals surface area contributed by atoms with Crippen LogP contribution in [-0.4, -0.2) is 30.9 Å². The highest BCUT2D eigenvalue weighted by Crippen LogP contribution is 2.46. The molecule has 0 spiro atoms. The van der Waals surface area contributed by atoms with Gasteiger partial charge in [-0.3, -0.25) is 9.59 Å². The highest BCUT2D eigenvalue weighted by Gasteiger charge is 2.47. The van der Waals surface area contributed by atoms with E-state index in [9.17, 15) is 14.4 Å². The van der Waals surface area contributed by atoms with Gasteiger partial charge in [0, 0.05) is 22.9 Å². The maximum absolute atomic E-state index is 13.7. The number of carbonyl (C=O) groups is 3. The molecule has 1 fully saturated rings. The Hall–Kier alpha value is -2.31. The maximum Gasteiger partial charge on any atom is 0.337 e. The topological polar surface area (TPSA) is 81.7 Å². The van der Waals surface area contributed by atoms with Crippen molar-refractivity contribution in [1.82, 2.24) is 5.32 Å². The first-order chi connectivity index (χ1) is 15.7. The molecule has 0 unspecified atom stereocenters. The molecule has 33 heavy (non-hydrogen) atoms. The SMILES string of the molecule is COC(=O)[C@H]1C(=O)C2=C(C[C@@H]1C)NC(C)=C(C(=O)OC1CCCC1)[C@H]2c1ccc(Cl)c(Cl)c1. The molecular weight excluding hydrogens is 465 g/mol. The molecule has 4 rings (SSSR count). The molecule has 8 heteroatoms. The number of allylic oxidation sites excluding steroid dienone is 3. The Kier molecular flexibility index (Phi) is 6.87. The number of esters is 2. The van der Waals surface area contributed by atoms with Crippen molar-refractivity contribution in [2.75, 3.05) is 7.11 Å². The lowest BCUT2D eigenvalue weighted by molar-refractivity contribution is -0.151. The van der Waals surface area contributed by atoms with Crippen LogP contribution in [0.1, 0.15) is 57.4 Å². The molecule has 0 radical (unpaired) electrons. The van der Waals surface area contributed by atoms with Crippen molar-refractivity contribution in [3.63, 3.8) is 0 Å². The number of Topliss-reactive ketones (excluding diaryl/α,β-unsaturated/α-hetero) is 1. The van der Waals surface area contributed by atoms with Crippen LogP contribution < -0.4 is 5.32 Å². The fourth-order valence-electron chi connectivity index (χ4n) is 5.20. The Morgan fingerprint density at radius 3 is 2.45 bits per heavy atom. The Labute approximate surface area is 203 Å². The van der Waals surface area contributed by atoms with Crippen LogP contribution in [0.15, 0.2) is 40.7 Å². The average Bonchev–Trinajstić information content (AvgIpc) is 3.27. The van der Waals surface area contributed by atoms with Gasteiger partial charge in [-0.1, -0.05) is 36.2 Å². The van der Waals surface area contributed by atoms with Crippen molar-refractivity contribution >= 4 is 40.9 Å². The van der Waals surface area contributed by atoms with Gasteiger partial charge in [0.15, 0.2) is 5.78 Å². The lowest BCUT2D eigenvalue weighted by Crippen LogP contribution is -2.43. The van der Waals surface area contributed by atoms with Crippen LogP contribution >= 0.6 is 23.2 Å². The number of hydrogen-bond donors (Lipinski definition) is 1. The summed E-state index contributed by atoms with van der Waals surface area (Å²) in [5.74, 6) is -3.30. The third-order valence-electron chi connectivity index (χ3n) is 6.82. The summed E-state index contributed by atoms with van der Waals surface area (Å²) in [5.41, 5.74) is 2.71. The fraction of sp³-hybridized carbons (Fsp3) is 0.480. The molecule has 1 aliphatic heterocycles. The predicted molar refractivity (Wildman–Crippen MR) is 125 cm³/mol. The highest BCUT2D eigenvalue weighted by atomic mass is 35.5. The van der Waals surface area contributed by atoms with Crippen molar-refractivity contribution in [1.29, 1.82) is 0 Å². The minimum atomic E-state index is -0.939. The molecule has 2 aliphatic carbocycles. The number of dihydropyridines is 1. The Morgan fingerprint density at radius 1 is 1.12 bits per heavy atom. The van der Waals surface area contributed by atoms with Gasteiger partial charge in [0.05, 0.1) is 22.7 Å². The second-order valence-electron chi connectivity index (χ2n) is 9.02. The van der Waals surface area contributed by atoms with Gasteiger partial charge in [0.25, 0.3) is 0 Å². The predicted octanol–water partition coefficient (Wildman–Crippen LogP) is 5.09. The van der Waals surface area contributed by atoms with Crippen molar-refractivity contribution < 1.29 is 23.9 Å². The number of methoxy groups -OCH3 is 1. The zero-order valence-electron chi connectivity index (χ0n) is 18.9. The first-order valence-corrected chi connectivity index (χ1v) is 12.0. The van der Waals surface area contributed by atoms with Crippen LogP contribution in [-0.2, 0) is 23.9 Å². The molecule has 0 aromatic heterocycles. The standard InChI is InChI=1S/C25H27Cl2NO5/c1-12-10-18-22(23(29)19(12)24(30)32-3)21(14-8-9-16(26)17(27)11-14)20(13(2)28-18)25(31)33-15-6-4-5-7-15/h8-9,11-12,15,19,21,28H,4-7,10H2,1-3H3/t12-,19+,21+/m0/s1. The molecule has 1 aromatic carbocycles. The van der Waals surface area contributed by atoms with E-state index < -0.39 is 23.8 Å². The number of carbonyl (C=O) groups excluding carboxylic acids is 3. The van der Waals surface area contributed by atoms with Gasteiger partial charge in [-0.15, -0.1) is 0 Å². The van der Waals surface area contributed by atoms with E-state index in [1.807, 2.05) is 6.92 Å². The smallest absolute Gasteiger partial charge is 0.337 e. The zero-order chi connectivity index (χ0) is 23.9. The van der Waals surface area contributed by atoms with E-state index in [2.05, 4.69) is 5.32 Å². The van der Waals surface area contributed by atoms with Gasteiger partial charge >= 0.3 is 11.9 Å². The minimum Gasteiger partial charge on any atom is -0.468 e. The van der Waals surface area contributed by atoms with Crippen molar-refractivity contribution in [2.24, 2.45) is 11.8 Å². The van der Waals surface area contributed by atoms with Crippen LogP contribution in [0.4, 0.5) is 0 Å². The Balaban J connectivity index is 1.82. The molecule has 0 saturated heterocycles. The van der Waals surface area contributed by atoms with E-state index in [0.717, 1.165) is 25.7 Å². The summed E-state index contributed by atoms with van der Waals surface area (Å²) in [7, 11) is 1.27. The lowest BCUT2D eigenvalue weighted by atomic mass is 9.69. The van der Waals surface area contributed by atoms with Gasteiger partial charge in [-0.25, -0.2) is 4.79 Å². The Bertz CT molecular complexity index is 1070. The maximum atomic E-state index is 13.7. The number of hydrogen-bond acceptors (Lipinski definition) is 6. The summed E-state index contributed by atoms with van der Waals surface area (Å²) in [6.45, 7) is 3.66. The van der Waals surface area contributed by atoms with Gasteiger partial charge in [-0.05, 0) is 62.6 Å². The number of halogens is 2. The van der Waals surface area contributed by atoms with Crippen molar-refractivity contribution in [2.45, 2.75) is 58.0 Å². The summed E-state index contributed by atoms with van der Waals surface area (Å²) >= 11 is 12.5. The van der Waals surface area contributed by atoms with E-state index >= 15 is 0 Å². The Morgan fingerprint density at radius 2 is 1.82 bits per heavy atom. The van der Waals surface area contributed by atoms with E-state index in [1.165, 1.54) is 7.11 Å². The summed E-state index contributed by atoms with van der Waals surface area (Å²) in [6.07, 6.45) is 4.05. The molecule has 1 saturated carbocycles. The highest BCUT2D eigenvalue weighted by molar-refractivity contribution is 6.42. The molecule has 1 aromatic rings.